The number of aromatic nitrogens is 2. The molecule has 0 saturated carbocycles. The zero-order valence-corrected chi connectivity index (χ0v) is 9.94. The average molecular weight is 215 g/mol. The highest BCUT2D eigenvalue weighted by molar-refractivity contribution is 5.74. The maximum absolute atomic E-state index is 5.99. The molecule has 0 fully saturated rings. The molecular formula is C13H17N3. The topological polar surface area (TPSA) is 43.8 Å². The van der Waals surface area contributed by atoms with Gasteiger partial charge in [-0.25, -0.2) is 0 Å². The molecule has 1 heterocycles. The van der Waals surface area contributed by atoms with Crippen LogP contribution >= 0.6 is 0 Å². The van der Waals surface area contributed by atoms with E-state index in [2.05, 4.69) is 25.0 Å². The third kappa shape index (κ3) is 1.81. The van der Waals surface area contributed by atoms with Crippen LogP contribution in [0.25, 0.3) is 11.3 Å². The molecule has 16 heavy (non-hydrogen) atoms. The summed E-state index contributed by atoms with van der Waals surface area (Å²) in [7, 11) is 0. The van der Waals surface area contributed by atoms with E-state index in [1.807, 2.05) is 35.9 Å². The van der Waals surface area contributed by atoms with Crippen molar-refractivity contribution in [3.8, 4) is 11.3 Å². The van der Waals surface area contributed by atoms with E-state index in [-0.39, 0.29) is 0 Å². The van der Waals surface area contributed by atoms with E-state index in [0.29, 0.717) is 6.04 Å². The Bertz CT molecular complexity index is 498. The van der Waals surface area contributed by atoms with Crippen LogP contribution in [0.15, 0.2) is 30.3 Å². The van der Waals surface area contributed by atoms with Crippen molar-refractivity contribution in [1.29, 1.82) is 0 Å². The Morgan fingerprint density at radius 1 is 1.25 bits per heavy atom. The number of benzene rings is 1. The van der Waals surface area contributed by atoms with Gasteiger partial charge in [0.15, 0.2) is 0 Å². The first-order chi connectivity index (χ1) is 7.59. The quantitative estimate of drug-likeness (QED) is 0.782. The highest BCUT2D eigenvalue weighted by Gasteiger charge is 2.12. The number of nitrogens with two attached hydrogens (primary N) is 1. The number of aryl methyl sites for hydroxylation is 1. The second-order valence-corrected chi connectivity index (χ2v) is 4.30. The Labute approximate surface area is 95.9 Å². The lowest BCUT2D eigenvalue weighted by Gasteiger charge is -2.12. The van der Waals surface area contributed by atoms with E-state index >= 15 is 0 Å². The monoisotopic (exact) mass is 215 g/mol. The van der Waals surface area contributed by atoms with Crippen LogP contribution in [0.5, 0.6) is 0 Å². The van der Waals surface area contributed by atoms with E-state index in [1.165, 1.54) is 0 Å². The SMILES string of the molecule is Cc1cc(-c2ccccc2N)n(C(C)C)n1. The van der Waals surface area contributed by atoms with Crippen molar-refractivity contribution >= 4 is 5.69 Å². The molecule has 0 spiro atoms. The van der Waals surface area contributed by atoms with Gasteiger partial charge in [-0.1, -0.05) is 18.2 Å². The maximum Gasteiger partial charge on any atom is 0.0708 e. The van der Waals surface area contributed by atoms with Crippen LogP contribution in [-0.2, 0) is 0 Å². The molecule has 0 atom stereocenters. The molecule has 0 unspecified atom stereocenters. The van der Waals surface area contributed by atoms with Gasteiger partial charge in [0.2, 0.25) is 0 Å². The van der Waals surface area contributed by atoms with Crippen molar-refractivity contribution in [1.82, 2.24) is 9.78 Å². The molecule has 0 radical (unpaired) electrons. The van der Waals surface area contributed by atoms with Gasteiger partial charge in [-0.05, 0) is 32.9 Å². The molecular weight excluding hydrogens is 198 g/mol. The lowest BCUT2D eigenvalue weighted by Crippen LogP contribution is -2.05. The smallest absolute Gasteiger partial charge is 0.0708 e. The van der Waals surface area contributed by atoms with Gasteiger partial charge < -0.3 is 5.73 Å². The van der Waals surface area contributed by atoms with Crippen LogP contribution in [0.2, 0.25) is 0 Å². The summed E-state index contributed by atoms with van der Waals surface area (Å²) in [5.74, 6) is 0. The minimum Gasteiger partial charge on any atom is -0.398 e. The number of nitrogens with zero attached hydrogens (tertiary/aromatic N) is 2. The Balaban J connectivity index is 2.60. The van der Waals surface area contributed by atoms with Gasteiger partial charge in [-0.3, -0.25) is 4.68 Å². The predicted octanol–water partition coefficient (Wildman–Crippen LogP) is 3.02. The van der Waals surface area contributed by atoms with Crippen LogP contribution in [-0.4, -0.2) is 9.78 Å². The highest BCUT2D eigenvalue weighted by Crippen LogP contribution is 2.28. The summed E-state index contributed by atoms with van der Waals surface area (Å²) >= 11 is 0. The third-order valence-electron chi connectivity index (χ3n) is 2.58. The number of hydrogen-bond donors (Lipinski definition) is 1. The second-order valence-electron chi connectivity index (χ2n) is 4.30. The molecule has 1 aromatic heterocycles. The lowest BCUT2D eigenvalue weighted by atomic mass is 10.1. The van der Waals surface area contributed by atoms with Gasteiger partial charge in [-0.15, -0.1) is 0 Å². The molecule has 0 amide bonds. The molecule has 1 aromatic carbocycles. The average Bonchev–Trinajstić information content (AvgIpc) is 2.61. The number of hydrogen-bond acceptors (Lipinski definition) is 2. The van der Waals surface area contributed by atoms with E-state index < -0.39 is 0 Å². The molecule has 3 nitrogen and oxygen atoms in total. The molecule has 84 valence electrons. The van der Waals surface area contributed by atoms with Crippen LogP contribution in [0.3, 0.4) is 0 Å². The van der Waals surface area contributed by atoms with Crippen LogP contribution in [0.4, 0.5) is 5.69 Å². The first-order valence-electron chi connectivity index (χ1n) is 5.50. The van der Waals surface area contributed by atoms with Crippen molar-refractivity contribution in [3.63, 3.8) is 0 Å². The summed E-state index contributed by atoms with van der Waals surface area (Å²) in [6.45, 7) is 6.24. The van der Waals surface area contributed by atoms with E-state index in [9.17, 15) is 0 Å². The minimum atomic E-state index is 0.336. The third-order valence-corrected chi connectivity index (χ3v) is 2.58. The number of anilines is 1. The molecule has 2 aromatic rings. The molecule has 0 aliphatic heterocycles. The van der Waals surface area contributed by atoms with Gasteiger partial charge in [-0.2, -0.15) is 5.10 Å². The number of para-hydroxylation sites is 1. The van der Waals surface area contributed by atoms with Gasteiger partial charge in [0, 0.05) is 17.3 Å². The minimum absolute atomic E-state index is 0.336. The lowest BCUT2D eigenvalue weighted by molar-refractivity contribution is 0.535. The first kappa shape index (κ1) is 10.7. The Morgan fingerprint density at radius 3 is 2.56 bits per heavy atom. The van der Waals surface area contributed by atoms with Crippen LogP contribution in [0.1, 0.15) is 25.6 Å². The molecule has 2 rings (SSSR count). The zero-order chi connectivity index (χ0) is 11.7. The predicted molar refractivity (Wildman–Crippen MR) is 67.2 cm³/mol. The van der Waals surface area contributed by atoms with E-state index in [1.54, 1.807) is 0 Å². The van der Waals surface area contributed by atoms with Crippen molar-refractivity contribution in [3.05, 3.63) is 36.0 Å². The van der Waals surface area contributed by atoms with Gasteiger partial charge in [0.25, 0.3) is 0 Å². The molecule has 0 aliphatic carbocycles. The van der Waals surface area contributed by atoms with E-state index in [0.717, 1.165) is 22.6 Å². The van der Waals surface area contributed by atoms with Crippen LogP contribution in [0, 0.1) is 6.92 Å². The maximum atomic E-state index is 5.99. The molecule has 0 saturated heterocycles. The standard InChI is InChI=1S/C13H17N3/c1-9(2)16-13(8-10(3)15-16)11-6-4-5-7-12(11)14/h4-9H,14H2,1-3H3. The largest absolute Gasteiger partial charge is 0.398 e. The Kier molecular flexibility index (Phi) is 2.69. The van der Waals surface area contributed by atoms with Crippen molar-refractivity contribution in [2.24, 2.45) is 0 Å². The number of rotatable bonds is 2. The van der Waals surface area contributed by atoms with Crippen molar-refractivity contribution < 1.29 is 0 Å². The summed E-state index contributed by atoms with van der Waals surface area (Å²) in [5.41, 5.74) is 9.95. The van der Waals surface area contributed by atoms with Gasteiger partial charge >= 0.3 is 0 Å². The summed E-state index contributed by atoms with van der Waals surface area (Å²) in [5, 5.41) is 4.49. The highest BCUT2D eigenvalue weighted by atomic mass is 15.3. The normalized spacial score (nSPS) is 11.0. The number of nitrogen functional groups attached to an aromatic ring is 1. The summed E-state index contributed by atoms with van der Waals surface area (Å²) < 4.78 is 2.01. The fraction of sp³-hybridized carbons (Fsp3) is 0.308. The molecule has 2 N–H and O–H groups in total. The summed E-state index contributed by atoms with van der Waals surface area (Å²) in [6, 6.07) is 10.3. The van der Waals surface area contributed by atoms with E-state index in [4.69, 9.17) is 5.73 Å². The van der Waals surface area contributed by atoms with Gasteiger partial charge in [0.1, 0.15) is 0 Å². The Hall–Kier alpha value is -1.77. The Morgan fingerprint density at radius 2 is 1.94 bits per heavy atom. The molecule has 0 aliphatic rings. The van der Waals surface area contributed by atoms with Gasteiger partial charge in [0.05, 0.1) is 11.4 Å². The molecule has 3 heteroatoms. The second kappa shape index (κ2) is 4.00. The fourth-order valence-corrected chi connectivity index (χ4v) is 1.84. The summed E-state index contributed by atoms with van der Waals surface area (Å²) in [4.78, 5) is 0. The molecule has 0 bridgehead atoms. The zero-order valence-electron chi connectivity index (χ0n) is 9.94. The van der Waals surface area contributed by atoms with Crippen molar-refractivity contribution in [2.45, 2.75) is 26.8 Å². The first-order valence-corrected chi connectivity index (χ1v) is 5.50. The fourth-order valence-electron chi connectivity index (χ4n) is 1.84. The van der Waals surface area contributed by atoms with Crippen LogP contribution < -0.4 is 5.73 Å². The summed E-state index contributed by atoms with van der Waals surface area (Å²) in [6.07, 6.45) is 0. The van der Waals surface area contributed by atoms with Crippen molar-refractivity contribution in [2.75, 3.05) is 5.73 Å².